The minimum Gasteiger partial charge on any atom is -0.322 e. The number of rotatable bonds is 2. The van der Waals surface area contributed by atoms with Gasteiger partial charge in [0.15, 0.2) is 0 Å². The predicted molar refractivity (Wildman–Crippen MR) is 74.5 cm³/mol. The van der Waals surface area contributed by atoms with Crippen molar-refractivity contribution in [1.82, 2.24) is 4.98 Å². The molecule has 5 heteroatoms. The average molecular weight is 269 g/mol. The number of hydrogen-bond donors (Lipinski definition) is 2. The van der Waals surface area contributed by atoms with E-state index in [1.807, 2.05) is 0 Å². The van der Waals surface area contributed by atoms with Gasteiger partial charge in [-0.3, -0.25) is 9.78 Å². The molecule has 1 heterocycles. The minimum atomic E-state index is -0.602. The van der Waals surface area contributed by atoms with Crippen molar-refractivity contribution in [3.63, 3.8) is 0 Å². The molecule has 2 rings (SSSR count). The molecule has 3 N–H and O–H groups in total. The highest BCUT2D eigenvalue weighted by atomic mass is 19.1. The van der Waals surface area contributed by atoms with E-state index in [0.29, 0.717) is 11.3 Å². The topological polar surface area (TPSA) is 68.0 Å². The Morgan fingerprint density at radius 3 is 2.75 bits per heavy atom. The molecule has 20 heavy (non-hydrogen) atoms. The Hall–Kier alpha value is -2.71. The molecule has 0 aliphatic rings. The first-order valence-corrected chi connectivity index (χ1v) is 5.90. The number of benzene rings is 1. The lowest BCUT2D eigenvalue weighted by molar-refractivity contribution is 0.102. The Labute approximate surface area is 115 Å². The van der Waals surface area contributed by atoms with Crippen LogP contribution in [0.15, 0.2) is 42.7 Å². The summed E-state index contributed by atoms with van der Waals surface area (Å²) in [7, 11) is 0. The van der Waals surface area contributed by atoms with Gasteiger partial charge < -0.3 is 11.1 Å². The first kappa shape index (κ1) is 13.7. The lowest BCUT2D eigenvalue weighted by Crippen LogP contribution is -2.14. The highest BCUT2D eigenvalue weighted by molar-refractivity contribution is 6.04. The van der Waals surface area contributed by atoms with E-state index in [1.54, 1.807) is 12.1 Å². The van der Waals surface area contributed by atoms with Gasteiger partial charge in [-0.05, 0) is 30.3 Å². The maximum atomic E-state index is 13.7. The molecule has 0 atom stereocenters. The molecule has 100 valence electrons. The van der Waals surface area contributed by atoms with Gasteiger partial charge >= 0.3 is 0 Å². The number of carbonyl (C=O) groups is 1. The molecular weight excluding hydrogens is 257 g/mol. The second kappa shape index (κ2) is 6.45. The van der Waals surface area contributed by atoms with E-state index < -0.39 is 11.7 Å². The van der Waals surface area contributed by atoms with E-state index in [1.165, 1.54) is 30.6 Å². The minimum absolute atomic E-state index is 0.0642. The molecule has 2 aromatic rings. The summed E-state index contributed by atoms with van der Waals surface area (Å²) >= 11 is 0. The van der Waals surface area contributed by atoms with Crippen LogP contribution in [0.1, 0.15) is 15.9 Å². The smallest absolute Gasteiger partial charge is 0.258 e. The highest BCUT2D eigenvalue weighted by Crippen LogP contribution is 2.13. The van der Waals surface area contributed by atoms with E-state index in [4.69, 9.17) is 5.73 Å². The van der Waals surface area contributed by atoms with Crippen LogP contribution in [0.25, 0.3) is 0 Å². The number of aromatic nitrogens is 1. The first-order valence-electron chi connectivity index (χ1n) is 5.90. The number of carbonyl (C=O) groups excluding carboxylic acids is 1. The zero-order valence-electron chi connectivity index (χ0n) is 10.6. The molecule has 0 bridgehead atoms. The SMILES string of the molecule is NCC#Cc1ccc(F)c(C(=O)Nc2ccncc2)c1. The Bertz CT molecular complexity index is 675. The molecule has 0 saturated heterocycles. The number of pyridine rings is 1. The van der Waals surface area contributed by atoms with Gasteiger partial charge in [-0.1, -0.05) is 11.8 Å². The summed E-state index contributed by atoms with van der Waals surface area (Å²) in [5.41, 5.74) is 6.29. The van der Waals surface area contributed by atoms with Gasteiger partial charge in [0.25, 0.3) is 5.91 Å². The number of nitrogens with two attached hydrogens (primary N) is 1. The lowest BCUT2D eigenvalue weighted by Gasteiger charge is -2.06. The van der Waals surface area contributed by atoms with Crippen LogP contribution in [0.2, 0.25) is 0 Å². The van der Waals surface area contributed by atoms with Crippen molar-refractivity contribution in [2.24, 2.45) is 5.73 Å². The Morgan fingerprint density at radius 2 is 2.05 bits per heavy atom. The van der Waals surface area contributed by atoms with Crippen molar-refractivity contribution in [2.45, 2.75) is 0 Å². The number of halogens is 1. The van der Waals surface area contributed by atoms with E-state index >= 15 is 0 Å². The summed E-state index contributed by atoms with van der Waals surface area (Å²) in [4.78, 5) is 15.9. The summed E-state index contributed by atoms with van der Waals surface area (Å²) in [5, 5.41) is 2.59. The third kappa shape index (κ3) is 3.40. The largest absolute Gasteiger partial charge is 0.322 e. The van der Waals surface area contributed by atoms with E-state index in [0.717, 1.165) is 0 Å². The van der Waals surface area contributed by atoms with Crippen LogP contribution < -0.4 is 11.1 Å². The van der Waals surface area contributed by atoms with Crippen LogP contribution in [0, 0.1) is 17.7 Å². The van der Waals surface area contributed by atoms with Crippen molar-refractivity contribution >= 4 is 11.6 Å². The second-order valence-corrected chi connectivity index (χ2v) is 3.89. The monoisotopic (exact) mass is 269 g/mol. The third-order valence-electron chi connectivity index (χ3n) is 2.48. The predicted octanol–water partition coefficient (Wildman–Crippen LogP) is 1.78. The standard InChI is InChI=1S/C15H12FN3O/c16-14-4-3-11(2-1-7-17)10-13(14)15(20)19-12-5-8-18-9-6-12/h3-6,8-10H,7,17H2,(H,18,19,20). The van der Waals surface area contributed by atoms with Crippen LogP contribution in [0.4, 0.5) is 10.1 Å². The molecular formula is C15H12FN3O. The van der Waals surface area contributed by atoms with Crippen molar-refractivity contribution < 1.29 is 9.18 Å². The number of anilines is 1. The molecule has 1 aromatic carbocycles. The summed E-state index contributed by atoms with van der Waals surface area (Å²) < 4.78 is 13.7. The van der Waals surface area contributed by atoms with Crippen LogP contribution in [0.5, 0.6) is 0 Å². The van der Waals surface area contributed by atoms with Crippen LogP contribution in [0.3, 0.4) is 0 Å². The fourth-order valence-electron chi connectivity index (χ4n) is 1.56. The van der Waals surface area contributed by atoms with E-state index in [2.05, 4.69) is 22.1 Å². The zero-order valence-corrected chi connectivity index (χ0v) is 10.6. The third-order valence-corrected chi connectivity index (χ3v) is 2.48. The molecule has 1 aromatic heterocycles. The van der Waals surface area contributed by atoms with Crippen LogP contribution in [-0.4, -0.2) is 17.4 Å². The molecule has 0 radical (unpaired) electrons. The molecule has 0 spiro atoms. The average Bonchev–Trinajstić information content (AvgIpc) is 2.47. The van der Waals surface area contributed by atoms with E-state index in [9.17, 15) is 9.18 Å². The summed E-state index contributed by atoms with van der Waals surface area (Å²) in [6.45, 7) is 0.204. The maximum Gasteiger partial charge on any atom is 0.258 e. The fraction of sp³-hybridized carbons (Fsp3) is 0.0667. The number of amides is 1. The number of hydrogen-bond acceptors (Lipinski definition) is 3. The fourth-order valence-corrected chi connectivity index (χ4v) is 1.56. The summed E-state index contributed by atoms with van der Waals surface area (Å²) in [5.74, 6) is 4.28. The van der Waals surface area contributed by atoms with Gasteiger partial charge in [-0.2, -0.15) is 0 Å². The lowest BCUT2D eigenvalue weighted by atomic mass is 10.1. The maximum absolute atomic E-state index is 13.7. The second-order valence-electron chi connectivity index (χ2n) is 3.89. The van der Waals surface area contributed by atoms with Gasteiger partial charge in [-0.25, -0.2) is 4.39 Å². The van der Waals surface area contributed by atoms with Gasteiger partial charge in [0, 0.05) is 23.6 Å². The summed E-state index contributed by atoms with van der Waals surface area (Å²) in [6.07, 6.45) is 3.07. The van der Waals surface area contributed by atoms with Gasteiger partial charge in [0.05, 0.1) is 12.1 Å². The molecule has 1 amide bonds. The summed E-state index contributed by atoms with van der Waals surface area (Å²) in [6, 6.07) is 7.35. The quantitative estimate of drug-likeness (QED) is 0.817. The molecule has 0 unspecified atom stereocenters. The molecule has 0 saturated carbocycles. The van der Waals surface area contributed by atoms with Crippen molar-refractivity contribution in [3.8, 4) is 11.8 Å². The Kier molecular flexibility index (Phi) is 4.43. The van der Waals surface area contributed by atoms with Crippen molar-refractivity contribution in [2.75, 3.05) is 11.9 Å². The molecule has 4 nitrogen and oxygen atoms in total. The van der Waals surface area contributed by atoms with Crippen molar-refractivity contribution in [1.29, 1.82) is 0 Å². The van der Waals surface area contributed by atoms with Gasteiger partial charge in [0.1, 0.15) is 5.82 Å². The van der Waals surface area contributed by atoms with Crippen molar-refractivity contribution in [3.05, 3.63) is 59.7 Å². The Morgan fingerprint density at radius 1 is 1.30 bits per heavy atom. The van der Waals surface area contributed by atoms with Gasteiger partial charge in [0.2, 0.25) is 0 Å². The molecule has 0 aliphatic heterocycles. The Balaban J connectivity index is 2.25. The number of nitrogens with zero attached hydrogens (tertiary/aromatic N) is 1. The molecule has 0 fully saturated rings. The normalized spacial score (nSPS) is 9.50. The molecule has 0 aliphatic carbocycles. The van der Waals surface area contributed by atoms with Crippen LogP contribution in [-0.2, 0) is 0 Å². The zero-order chi connectivity index (χ0) is 14.4. The van der Waals surface area contributed by atoms with E-state index in [-0.39, 0.29) is 12.1 Å². The van der Waals surface area contributed by atoms with Crippen LogP contribution >= 0.6 is 0 Å². The van der Waals surface area contributed by atoms with Gasteiger partial charge in [-0.15, -0.1) is 0 Å². The number of nitrogens with one attached hydrogen (secondary N) is 1. The highest BCUT2D eigenvalue weighted by Gasteiger charge is 2.12. The first-order chi connectivity index (χ1) is 9.70.